The lowest BCUT2D eigenvalue weighted by atomic mass is 9.92. The highest BCUT2D eigenvalue weighted by atomic mass is 16.1. The molecule has 0 atom stereocenters. The van der Waals surface area contributed by atoms with Crippen molar-refractivity contribution in [2.75, 3.05) is 34.8 Å². The lowest BCUT2D eigenvalue weighted by Crippen LogP contribution is -2.32. The molecule has 4 rings (SSSR count). The van der Waals surface area contributed by atoms with Gasteiger partial charge < -0.3 is 15.1 Å². The van der Waals surface area contributed by atoms with Crippen molar-refractivity contribution >= 4 is 23.2 Å². The monoisotopic (exact) mass is 407 g/mol. The quantitative estimate of drug-likeness (QED) is 0.818. The van der Waals surface area contributed by atoms with Gasteiger partial charge in [-0.25, -0.2) is 4.98 Å². The van der Waals surface area contributed by atoms with Gasteiger partial charge in [-0.05, 0) is 48.4 Å². The SMILES string of the molecule is Cc1cc(N2CCc3ncccc3C2)nc(N2CCCC2)c1NC(=O)CC(C)(C)C. The van der Waals surface area contributed by atoms with Crippen LogP contribution in [0.25, 0.3) is 0 Å². The molecule has 4 heterocycles. The molecule has 0 bridgehead atoms. The molecule has 2 aromatic rings. The van der Waals surface area contributed by atoms with E-state index in [1.807, 2.05) is 12.3 Å². The average Bonchev–Trinajstić information content (AvgIpc) is 3.22. The third-order valence-electron chi connectivity index (χ3n) is 5.83. The van der Waals surface area contributed by atoms with Crippen molar-refractivity contribution in [3.05, 3.63) is 41.2 Å². The maximum atomic E-state index is 12.7. The number of hydrogen-bond donors (Lipinski definition) is 1. The Morgan fingerprint density at radius 3 is 2.67 bits per heavy atom. The van der Waals surface area contributed by atoms with E-state index in [9.17, 15) is 4.79 Å². The summed E-state index contributed by atoms with van der Waals surface area (Å²) in [4.78, 5) is 26.9. The number of pyridine rings is 2. The summed E-state index contributed by atoms with van der Waals surface area (Å²) in [6.45, 7) is 12.1. The Bertz CT molecular complexity index is 928. The van der Waals surface area contributed by atoms with Crippen LogP contribution in [0.15, 0.2) is 24.4 Å². The number of rotatable bonds is 4. The van der Waals surface area contributed by atoms with Crippen LogP contribution < -0.4 is 15.1 Å². The first kappa shape index (κ1) is 20.6. The van der Waals surface area contributed by atoms with E-state index < -0.39 is 0 Å². The molecule has 1 N–H and O–H groups in total. The first-order chi connectivity index (χ1) is 14.3. The van der Waals surface area contributed by atoms with Crippen LogP contribution in [0.1, 0.15) is 56.9 Å². The maximum Gasteiger partial charge on any atom is 0.225 e. The van der Waals surface area contributed by atoms with Gasteiger partial charge in [-0.3, -0.25) is 9.78 Å². The number of nitrogens with zero attached hydrogens (tertiary/aromatic N) is 4. The van der Waals surface area contributed by atoms with Gasteiger partial charge in [0.15, 0.2) is 5.82 Å². The minimum absolute atomic E-state index is 0.0472. The molecular weight excluding hydrogens is 374 g/mol. The fraction of sp³-hybridized carbons (Fsp3) is 0.542. The minimum Gasteiger partial charge on any atom is -0.355 e. The number of anilines is 3. The summed E-state index contributed by atoms with van der Waals surface area (Å²) in [5.41, 5.74) is 4.36. The molecule has 0 aliphatic carbocycles. The van der Waals surface area contributed by atoms with E-state index in [1.165, 1.54) is 24.1 Å². The standard InChI is InChI=1S/C24H33N5O/c1-17-14-20(29-13-9-19-18(16-29)8-7-10-25-19)26-23(28-11-5-6-12-28)22(17)27-21(30)15-24(2,3)4/h7-8,10,14H,5-6,9,11-13,15-16H2,1-4H3,(H,27,30). The van der Waals surface area contributed by atoms with Gasteiger partial charge in [0.1, 0.15) is 5.82 Å². The van der Waals surface area contributed by atoms with Crippen molar-refractivity contribution in [1.29, 1.82) is 0 Å². The van der Waals surface area contributed by atoms with Gasteiger partial charge in [0.05, 0.1) is 5.69 Å². The van der Waals surface area contributed by atoms with Crippen LogP contribution >= 0.6 is 0 Å². The minimum atomic E-state index is -0.0472. The molecular formula is C24H33N5O. The molecule has 6 nitrogen and oxygen atoms in total. The number of fused-ring (bicyclic) bond motifs is 1. The Labute approximate surface area is 179 Å². The summed E-state index contributed by atoms with van der Waals surface area (Å²) >= 11 is 0. The van der Waals surface area contributed by atoms with Crippen LogP contribution in [-0.4, -0.2) is 35.5 Å². The molecule has 0 spiro atoms. The van der Waals surface area contributed by atoms with E-state index in [-0.39, 0.29) is 11.3 Å². The first-order valence-electron chi connectivity index (χ1n) is 11.0. The van der Waals surface area contributed by atoms with Crippen molar-refractivity contribution in [3.8, 4) is 0 Å². The largest absolute Gasteiger partial charge is 0.355 e. The number of carbonyl (C=O) groups excluding carboxylic acids is 1. The van der Waals surface area contributed by atoms with E-state index in [1.54, 1.807) is 0 Å². The third-order valence-corrected chi connectivity index (χ3v) is 5.83. The van der Waals surface area contributed by atoms with E-state index in [2.05, 4.69) is 59.9 Å². The van der Waals surface area contributed by atoms with Gasteiger partial charge >= 0.3 is 0 Å². The molecule has 2 aliphatic heterocycles. The Morgan fingerprint density at radius 2 is 1.93 bits per heavy atom. The molecule has 1 saturated heterocycles. The van der Waals surface area contributed by atoms with E-state index >= 15 is 0 Å². The number of nitrogens with one attached hydrogen (secondary N) is 1. The number of amides is 1. The van der Waals surface area contributed by atoms with Crippen molar-refractivity contribution in [1.82, 2.24) is 9.97 Å². The Morgan fingerprint density at radius 1 is 1.17 bits per heavy atom. The molecule has 0 aromatic carbocycles. The molecule has 0 unspecified atom stereocenters. The van der Waals surface area contributed by atoms with Gasteiger partial charge in [0.2, 0.25) is 5.91 Å². The second-order valence-electron chi connectivity index (χ2n) is 9.76. The number of aryl methyl sites for hydroxylation is 1. The highest BCUT2D eigenvalue weighted by molar-refractivity contribution is 5.95. The molecule has 1 fully saturated rings. The average molecular weight is 408 g/mol. The van der Waals surface area contributed by atoms with Crippen LogP contribution in [0.3, 0.4) is 0 Å². The van der Waals surface area contributed by atoms with Gasteiger partial charge in [-0.1, -0.05) is 26.8 Å². The van der Waals surface area contributed by atoms with Crippen molar-refractivity contribution < 1.29 is 4.79 Å². The summed E-state index contributed by atoms with van der Waals surface area (Å²) in [6.07, 6.45) is 5.63. The van der Waals surface area contributed by atoms with Crippen molar-refractivity contribution in [3.63, 3.8) is 0 Å². The lowest BCUT2D eigenvalue weighted by Gasteiger charge is -2.31. The molecule has 2 aliphatic rings. The van der Waals surface area contributed by atoms with Crippen LogP contribution in [0.2, 0.25) is 0 Å². The zero-order valence-electron chi connectivity index (χ0n) is 18.7. The number of hydrogen-bond acceptors (Lipinski definition) is 5. The molecule has 0 radical (unpaired) electrons. The summed E-state index contributed by atoms with van der Waals surface area (Å²) in [5.74, 6) is 1.96. The van der Waals surface area contributed by atoms with Gasteiger partial charge in [0.25, 0.3) is 0 Å². The van der Waals surface area contributed by atoms with Crippen LogP contribution in [0.4, 0.5) is 17.3 Å². The molecule has 160 valence electrons. The molecule has 0 saturated carbocycles. The predicted molar refractivity (Wildman–Crippen MR) is 122 cm³/mol. The van der Waals surface area contributed by atoms with Crippen LogP contribution in [0.5, 0.6) is 0 Å². The van der Waals surface area contributed by atoms with Crippen LogP contribution in [0, 0.1) is 12.3 Å². The highest BCUT2D eigenvalue weighted by Crippen LogP contribution is 2.35. The fourth-order valence-corrected chi connectivity index (χ4v) is 4.34. The fourth-order valence-electron chi connectivity index (χ4n) is 4.34. The number of carbonyl (C=O) groups is 1. The topological polar surface area (TPSA) is 61.4 Å². The first-order valence-corrected chi connectivity index (χ1v) is 11.0. The smallest absolute Gasteiger partial charge is 0.225 e. The predicted octanol–water partition coefficient (Wildman–Crippen LogP) is 4.32. The molecule has 6 heteroatoms. The Hall–Kier alpha value is -2.63. The van der Waals surface area contributed by atoms with Crippen LogP contribution in [-0.2, 0) is 17.8 Å². The van der Waals surface area contributed by atoms with Gasteiger partial charge in [0, 0.05) is 50.9 Å². The zero-order valence-corrected chi connectivity index (χ0v) is 18.7. The summed E-state index contributed by atoms with van der Waals surface area (Å²) in [7, 11) is 0. The Balaban J connectivity index is 1.64. The molecule has 1 amide bonds. The molecule has 2 aromatic heterocycles. The normalized spacial score (nSPS) is 16.5. The molecule has 30 heavy (non-hydrogen) atoms. The summed E-state index contributed by atoms with van der Waals surface area (Å²) < 4.78 is 0. The van der Waals surface area contributed by atoms with Gasteiger partial charge in [-0.15, -0.1) is 0 Å². The summed E-state index contributed by atoms with van der Waals surface area (Å²) in [6, 6.07) is 6.28. The second kappa shape index (κ2) is 8.25. The lowest BCUT2D eigenvalue weighted by molar-refractivity contribution is -0.117. The van der Waals surface area contributed by atoms with Gasteiger partial charge in [-0.2, -0.15) is 0 Å². The second-order valence-corrected chi connectivity index (χ2v) is 9.76. The zero-order chi connectivity index (χ0) is 21.3. The van der Waals surface area contributed by atoms with Crippen molar-refractivity contribution in [2.24, 2.45) is 5.41 Å². The highest BCUT2D eigenvalue weighted by Gasteiger charge is 2.25. The summed E-state index contributed by atoms with van der Waals surface area (Å²) in [5, 5.41) is 3.19. The van der Waals surface area contributed by atoms with E-state index in [0.29, 0.717) is 6.42 Å². The maximum absolute atomic E-state index is 12.7. The number of aromatic nitrogens is 2. The third kappa shape index (κ3) is 4.58. The van der Waals surface area contributed by atoms with Crippen molar-refractivity contribution in [2.45, 2.75) is 59.9 Å². The Kier molecular flexibility index (Phi) is 5.67. The van der Waals surface area contributed by atoms with E-state index in [4.69, 9.17) is 4.98 Å². The van der Waals surface area contributed by atoms with E-state index in [0.717, 1.165) is 55.5 Å².